The first-order valence-electron chi connectivity index (χ1n) is 8.20. The summed E-state index contributed by atoms with van der Waals surface area (Å²) >= 11 is 0.723. The van der Waals surface area contributed by atoms with E-state index in [2.05, 4.69) is 5.32 Å². The van der Waals surface area contributed by atoms with Crippen LogP contribution in [-0.2, 0) is 9.59 Å². The molecule has 0 saturated carbocycles. The number of imide groups is 1. The Labute approximate surface area is 164 Å². The maximum atomic E-state index is 12.5. The van der Waals surface area contributed by atoms with Crippen molar-refractivity contribution >= 4 is 46.3 Å². The lowest BCUT2D eigenvalue weighted by molar-refractivity contribution is -0.384. The molecule has 0 radical (unpaired) electrons. The lowest BCUT2D eigenvalue weighted by atomic mass is 10.2. The summed E-state index contributed by atoms with van der Waals surface area (Å²) in [5, 5.41) is 12.8. The summed E-state index contributed by atoms with van der Waals surface area (Å²) < 4.78 is 0. The molecule has 1 aliphatic rings. The zero-order valence-corrected chi connectivity index (χ0v) is 15.6. The Hall–Kier alpha value is -3.46. The number of benzene rings is 2. The zero-order chi connectivity index (χ0) is 20.3. The molecule has 8 nitrogen and oxygen atoms in total. The fourth-order valence-corrected chi connectivity index (χ4v) is 3.39. The van der Waals surface area contributed by atoms with Gasteiger partial charge in [0.15, 0.2) is 0 Å². The molecule has 0 aromatic heterocycles. The number of carbonyl (C=O) groups is 3. The highest BCUT2D eigenvalue weighted by atomic mass is 32.2. The molecule has 0 atom stereocenters. The molecule has 1 fully saturated rings. The van der Waals surface area contributed by atoms with Crippen molar-refractivity contribution in [2.24, 2.45) is 0 Å². The number of anilines is 1. The summed E-state index contributed by atoms with van der Waals surface area (Å²) in [7, 11) is 0. The van der Waals surface area contributed by atoms with Crippen molar-refractivity contribution in [1.82, 2.24) is 4.90 Å². The highest BCUT2D eigenvalue weighted by Gasteiger charge is 2.36. The average Bonchev–Trinajstić information content (AvgIpc) is 2.89. The molecule has 0 unspecified atom stereocenters. The molecular formula is C19H15N3O5S. The van der Waals surface area contributed by atoms with E-state index in [0.29, 0.717) is 11.3 Å². The number of nitrogens with one attached hydrogen (secondary N) is 1. The van der Waals surface area contributed by atoms with E-state index in [1.54, 1.807) is 18.2 Å². The maximum Gasteiger partial charge on any atom is 0.294 e. The summed E-state index contributed by atoms with van der Waals surface area (Å²) in [5.74, 6) is -1.06. The normalized spacial score (nSPS) is 15.2. The molecule has 3 rings (SSSR count). The van der Waals surface area contributed by atoms with Crippen LogP contribution < -0.4 is 5.32 Å². The van der Waals surface area contributed by atoms with Gasteiger partial charge in [0.1, 0.15) is 6.54 Å². The van der Waals surface area contributed by atoms with Gasteiger partial charge in [-0.25, -0.2) is 0 Å². The first kappa shape index (κ1) is 19.3. The Balaban J connectivity index is 1.69. The van der Waals surface area contributed by atoms with Gasteiger partial charge in [-0.05, 0) is 60.2 Å². The van der Waals surface area contributed by atoms with Crippen LogP contribution in [0.2, 0.25) is 0 Å². The number of rotatable bonds is 5. The first-order chi connectivity index (χ1) is 13.3. The third-order valence-electron chi connectivity index (χ3n) is 3.88. The fraction of sp³-hybridized carbons (Fsp3) is 0.105. The highest BCUT2D eigenvalue weighted by molar-refractivity contribution is 8.18. The predicted molar refractivity (Wildman–Crippen MR) is 106 cm³/mol. The first-order valence-corrected chi connectivity index (χ1v) is 9.01. The molecular weight excluding hydrogens is 382 g/mol. The number of nitro benzene ring substituents is 1. The molecule has 1 aliphatic heterocycles. The largest absolute Gasteiger partial charge is 0.325 e. The molecule has 1 N–H and O–H groups in total. The minimum Gasteiger partial charge on any atom is -0.325 e. The Morgan fingerprint density at radius 3 is 2.57 bits per heavy atom. The molecule has 0 aliphatic carbocycles. The van der Waals surface area contributed by atoms with Crippen LogP contribution >= 0.6 is 11.8 Å². The van der Waals surface area contributed by atoms with Gasteiger partial charge in [-0.3, -0.25) is 29.4 Å². The monoisotopic (exact) mass is 397 g/mol. The molecule has 3 amide bonds. The number of aryl methyl sites for hydroxylation is 1. The molecule has 142 valence electrons. The number of non-ortho nitro benzene ring substituents is 1. The van der Waals surface area contributed by atoms with E-state index >= 15 is 0 Å². The summed E-state index contributed by atoms with van der Waals surface area (Å²) in [6.07, 6.45) is 1.47. The number of hydrogen-bond acceptors (Lipinski definition) is 6. The van der Waals surface area contributed by atoms with E-state index in [4.69, 9.17) is 0 Å². The SMILES string of the molecule is Cc1cccc(NC(=O)CN2C(=O)S/C(=C/c3ccc([N+](=O)[O-])cc3)C2=O)c1. The van der Waals surface area contributed by atoms with Gasteiger partial charge in [-0.1, -0.05) is 12.1 Å². The smallest absolute Gasteiger partial charge is 0.294 e. The van der Waals surface area contributed by atoms with E-state index in [1.165, 1.54) is 30.3 Å². The van der Waals surface area contributed by atoms with Crippen LogP contribution in [0.3, 0.4) is 0 Å². The van der Waals surface area contributed by atoms with Crippen molar-refractivity contribution in [1.29, 1.82) is 0 Å². The summed E-state index contributed by atoms with van der Waals surface area (Å²) in [5.41, 5.74) is 2.02. The number of amides is 3. The summed E-state index contributed by atoms with van der Waals surface area (Å²) in [4.78, 5) is 48.0. The molecule has 1 heterocycles. The van der Waals surface area contributed by atoms with Crippen LogP contribution in [0.25, 0.3) is 6.08 Å². The van der Waals surface area contributed by atoms with Gasteiger partial charge in [0, 0.05) is 17.8 Å². The average molecular weight is 397 g/mol. The van der Waals surface area contributed by atoms with E-state index in [1.807, 2.05) is 13.0 Å². The highest BCUT2D eigenvalue weighted by Crippen LogP contribution is 2.32. The standard InChI is InChI=1S/C19H15N3O5S/c1-12-3-2-4-14(9-12)20-17(23)11-21-18(24)16(28-19(21)25)10-13-5-7-15(8-6-13)22(26)27/h2-10H,11H2,1H3,(H,20,23)/b16-10+. The lowest BCUT2D eigenvalue weighted by Gasteiger charge is -2.12. The molecule has 0 spiro atoms. The fourth-order valence-electron chi connectivity index (χ4n) is 2.55. The van der Waals surface area contributed by atoms with Crippen LogP contribution in [0.4, 0.5) is 16.2 Å². The molecule has 1 saturated heterocycles. The van der Waals surface area contributed by atoms with Gasteiger partial charge in [0.05, 0.1) is 9.83 Å². The van der Waals surface area contributed by atoms with E-state index < -0.39 is 28.5 Å². The number of nitrogens with zero attached hydrogens (tertiary/aromatic N) is 2. The molecule has 2 aromatic carbocycles. The van der Waals surface area contributed by atoms with Crippen molar-refractivity contribution in [3.8, 4) is 0 Å². The van der Waals surface area contributed by atoms with Gasteiger partial charge in [0.25, 0.3) is 16.8 Å². The number of nitro groups is 1. The van der Waals surface area contributed by atoms with Crippen LogP contribution in [0.1, 0.15) is 11.1 Å². The van der Waals surface area contributed by atoms with Gasteiger partial charge >= 0.3 is 0 Å². The van der Waals surface area contributed by atoms with Gasteiger partial charge in [-0.15, -0.1) is 0 Å². The third-order valence-corrected chi connectivity index (χ3v) is 4.79. The van der Waals surface area contributed by atoms with Gasteiger partial charge < -0.3 is 5.32 Å². The number of hydrogen-bond donors (Lipinski definition) is 1. The Kier molecular flexibility index (Phi) is 5.55. The van der Waals surface area contributed by atoms with Crippen molar-refractivity contribution in [3.63, 3.8) is 0 Å². The van der Waals surface area contributed by atoms with E-state index in [0.717, 1.165) is 22.2 Å². The molecule has 9 heteroatoms. The van der Waals surface area contributed by atoms with Crippen LogP contribution in [-0.4, -0.2) is 33.4 Å². The molecule has 28 heavy (non-hydrogen) atoms. The quantitative estimate of drug-likeness (QED) is 0.469. The predicted octanol–water partition coefficient (Wildman–Crippen LogP) is 3.58. The third kappa shape index (κ3) is 4.44. The van der Waals surface area contributed by atoms with E-state index in [9.17, 15) is 24.5 Å². The van der Waals surface area contributed by atoms with Crippen LogP contribution in [0, 0.1) is 17.0 Å². The van der Waals surface area contributed by atoms with Crippen LogP contribution in [0.5, 0.6) is 0 Å². The van der Waals surface area contributed by atoms with Gasteiger partial charge in [0.2, 0.25) is 5.91 Å². The van der Waals surface area contributed by atoms with Crippen molar-refractivity contribution in [2.75, 3.05) is 11.9 Å². The Bertz CT molecular complexity index is 1000. The molecule has 2 aromatic rings. The lowest BCUT2D eigenvalue weighted by Crippen LogP contribution is -2.36. The topological polar surface area (TPSA) is 110 Å². The maximum absolute atomic E-state index is 12.5. The van der Waals surface area contributed by atoms with E-state index in [-0.39, 0.29) is 10.6 Å². The van der Waals surface area contributed by atoms with Crippen molar-refractivity contribution in [3.05, 3.63) is 74.7 Å². The molecule has 0 bridgehead atoms. The Morgan fingerprint density at radius 2 is 1.93 bits per heavy atom. The second-order valence-corrected chi connectivity index (χ2v) is 7.03. The number of thioether (sulfide) groups is 1. The van der Waals surface area contributed by atoms with Crippen molar-refractivity contribution < 1.29 is 19.3 Å². The summed E-state index contributed by atoms with van der Waals surface area (Å²) in [6.45, 7) is 1.49. The minimum atomic E-state index is -0.576. The van der Waals surface area contributed by atoms with Crippen LogP contribution in [0.15, 0.2) is 53.4 Å². The Morgan fingerprint density at radius 1 is 1.21 bits per heavy atom. The van der Waals surface area contributed by atoms with Gasteiger partial charge in [-0.2, -0.15) is 0 Å². The minimum absolute atomic E-state index is 0.0712. The zero-order valence-electron chi connectivity index (χ0n) is 14.7. The summed E-state index contributed by atoms with van der Waals surface area (Å²) in [6, 6.07) is 12.8. The second-order valence-electron chi connectivity index (χ2n) is 6.03. The second kappa shape index (κ2) is 8.05. The number of carbonyl (C=O) groups excluding carboxylic acids is 3. The van der Waals surface area contributed by atoms with Crippen molar-refractivity contribution in [2.45, 2.75) is 6.92 Å².